The Bertz CT molecular complexity index is 1570. The van der Waals surface area contributed by atoms with Crippen LogP contribution in [0.25, 0.3) is 0 Å². The summed E-state index contributed by atoms with van der Waals surface area (Å²) in [5.41, 5.74) is 4.87. The fourth-order valence-electron chi connectivity index (χ4n) is 6.34. The van der Waals surface area contributed by atoms with Gasteiger partial charge in [0.1, 0.15) is 10.6 Å². The first-order valence-corrected chi connectivity index (χ1v) is 13.5. The molecule has 0 saturated carbocycles. The molecule has 0 spiro atoms. The van der Waals surface area contributed by atoms with Gasteiger partial charge in [0, 0.05) is 11.8 Å². The lowest BCUT2D eigenvalue weighted by Crippen LogP contribution is -2.41. The zero-order valence-corrected chi connectivity index (χ0v) is 20.3. The van der Waals surface area contributed by atoms with Crippen molar-refractivity contribution in [1.82, 2.24) is 0 Å². The van der Waals surface area contributed by atoms with E-state index in [0.29, 0.717) is 5.69 Å². The van der Waals surface area contributed by atoms with E-state index < -0.39 is 22.0 Å². The first kappa shape index (κ1) is 22.0. The molecule has 6 nitrogen and oxygen atoms in total. The van der Waals surface area contributed by atoms with E-state index in [2.05, 4.69) is 24.3 Å². The second kappa shape index (κ2) is 7.88. The Balaban J connectivity index is 1.24. The van der Waals surface area contributed by atoms with Gasteiger partial charge in [-0.25, -0.2) is 4.90 Å². The molecule has 2 atom stereocenters. The predicted molar refractivity (Wildman–Crippen MR) is 137 cm³/mol. The number of carbonyl (C=O) groups is 2. The second-order valence-electron chi connectivity index (χ2n) is 9.62. The average molecular weight is 508 g/mol. The average Bonchev–Trinajstić information content (AvgIpc) is 3.20. The predicted octanol–water partition coefficient (Wildman–Crippen LogP) is 4.85. The number of hydrogen-bond acceptors (Lipinski definition) is 5. The van der Waals surface area contributed by atoms with E-state index in [1.807, 2.05) is 24.3 Å². The largest absolute Gasteiger partial charge is 0.379 e. The molecule has 37 heavy (non-hydrogen) atoms. The summed E-state index contributed by atoms with van der Waals surface area (Å²) in [7, 11) is -4.00. The van der Waals surface area contributed by atoms with E-state index in [-0.39, 0.29) is 34.3 Å². The molecule has 3 aliphatic carbocycles. The molecule has 0 radical (unpaired) electrons. The van der Waals surface area contributed by atoms with Crippen molar-refractivity contribution in [2.24, 2.45) is 11.8 Å². The summed E-state index contributed by atoms with van der Waals surface area (Å²) >= 11 is 0. The van der Waals surface area contributed by atoms with Crippen LogP contribution < -0.4 is 9.08 Å². The molecule has 0 aromatic heterocycles. The third-order valence-electron chi connectivity index (χ3n) is 7.78. The minimum absolute atomic E-state index is 0.0441. The molecule has 0 unspecified atom stereocenters. The van der Waals surface area contributed by atoms with Gasteiger partial charge in [-0.05, 0) is 58.7 Å². The first-order chi connectivity index (χ1) is 18.0. The summed E-state index contributed by atoms with van der Waals surface area (Å²) in [6, 6.07) is 30.1. The number of benzene rings is 4. The summed E-state index contributed by atoms with van der Waals surface area (Å²) < 4.78 is 30.4. The standard InChI is InChI=1S/C30H21NO5S/c32-29-27-25-21-10-4-5-11-22(21)26(24-13-7-6-12-23(24)25)28(27)30(33)31(29)18-14-16-19(17-15-18)36-37(34,35)20-8-2-1-3-9-20/h1-17,25-28H/t25?,26?,27-,28+. The summed E-state index contributed by atoms with van der Waals surface area (Å²) in [6.07, 6.45) is 0. The van der Waals surface area contributed by atoms with Crippen LogP contribution in [0.4, 0.5) is 5.69 Å². The maximum absolute atomic E-state index is 13.8. The molecule has 4 aliphatic rings. The Morgan fingerprint density at radius 2 is 1.00 bits per heavy atom. The number of carbonyl (C=O) groups excluding carboxylic acids is 2. The van der Waals surface area contributed by atoms with Crippen molar-refractivity contribution < 1.29 is 22.2 Å². The van der Waals surface area contributed by atoms with Crippen LogP contribution in [0.1, 0.15) is 34.1 Å². The van der Waals surface area contributed by atoms with Crippen LogP contribution in [0.3, 0.4) is 0 Å². The van der Waals surface area contributed by atoms with E-state index in [4.69, 9.17) is 4.18 Å². The molecule has 182 valence electrons. The lowest BCUT2D eigenvalue weighted by molar-refractivity contribution is -0.122. The Labute approximate surface area is 214 Å². The van der Waals surface area contributed by atoms with Crippen LogP contribution in [0, 0.1) is 11.8 Å². The normalized spacial score (nSPS) is 23.4. The third-order valence-corrected chi connectivity index (χ3v) is 9.04. The van der Waals surface area contributed by atoms with Gasteiger partial charge in [-0.15, -0.1) is 0 Å². The van der Waals surface area contributed by atoms with Gasteiger partial charge in [-0.2, -0.15) is 8.42 Å². The highest BCUT2D eigenvalue weighted by Gasteiger charge is 2.61. The number of imide groups is 1. The Morgan fingerprint density at radius 1 is 0.568 bits per heavy atom. The lowest BCUT2D eigenvalue weighted by Gasteiger charge is -2.45. The monoisotopic (exact) mass is 507 g/mol. The van der Waals surface area contributed by atoms with E-state index >= 15 is 0 Å². The van der Waals surface area contributed by atoms with E-state index in [1.165, 1.54) is 29.2 Å². The van der Waals surface area contributed by atoms with Crippen molar-refractivity contribution >= 4 is 27.6 Å². The van der Waals surface area contributed by atoms with Crippen molar-refractivity contribution in [3.8, 4) is 5.75 Å². The first-order valence-electron chi connectivity index (χ1n) is 12.1. The number of amides is 2. The number of anilines is 1. The van der Waals surface area contributed by atoms with E-state index in [0.717, 1.165) is 22.3 Å². The SMILES string of the molecule is O=C1[C@@H]2C3c4ccccc4C(c4ccccc43)[C@@H]2C(=O)N1c1ccc(OS(=O)(=O)c2ccccc2)cc1. The minimum atomic E-state index is -4.00. The molecule has 7 heteroatoms. The summed E-state index contributed by atoms with van der Waals surface area (Å²) in [4.78, 5) is 29.0. The van der Waals surface area contributed by atoms with Crippen molar-refractivity contribution in [3.05, 3.63) is 125 Å². The van der Waals surface area contributed by atoms with Gasteiger partial charge in [-0.1, -0.05) is 66.7 Å². The number of rotatable bonds is 4. The molecule has 1 aliphatic heterocycles. The minimum Gasteiger partial charge on any atom is -0.379 e. The summed E-state index contributed by atoms with van der Waals surface area (Å²) in [5.74, 6) is -1.65. The maximum Gasteiger partial charge on any atom is 0.339 e. The topological polar surface area (TPSA) is 80.8 Å². The van der Waals surface area contributed by atoms with Gasteiger partial charge in [0.15, 0.2) is 0 Å². The number of nitrogens with zero attached hydrogens (tertiary/aromatic N) is 1. The fourth-order valence-corrected chi connectivity index (χ4v) is 7.30. The van der Waals surface area contributed by atoms with Crippen LogP contribution in [0.15, 0.2) is 108 Å². The van der Waals surface area contributed by atoms with Crippen molar-refractivity contribution in [2.75, 3.05) is 4.90 Å². The molecule has 1 saturated heterocycles. The molecule has 1 fully saturated rings. The van der Waals surface area contributed by atoms with Gasteiger partial charge in [0.05, 0.1) is 17.5 Å². The van der Waals surface area contributed by atoms with E-state index in [1.54, 1.807) is 30.3 Å². The zero-order chi connectivity index (χ0) is 25.3. The smallest absolute Gasteiger partial charge is 0.339 e. The summed E-state index contributed by atoms with van der Waals surface area (Å²) in [6.45, 7) is 0. The van der Waals surface area contributed by atoms with Crippen molar-refractivity contribution in [1.29, 1.82) is 0 Å². The Kier molecular flexibility index (Phi) is 4.69. The molecule has 2 bridgehead atoms. The van der Waals surface area contributed by atoms with Gasteiger partial charge in [0.25, 0.3) is 0 Å². The van der Waals surface area contributed by atoms with E-state index in [9.17, 15) is 18.0 Å². The van der Waals surface area contributed by atoms with Crippen molar-refractivity contribution in [2.45, 2.75) is 16.7 Å². The lowest BCUT2D eigenvalue weighted by atomic mass is 9.55. The van der Waals surface area contributed by atoms with Crippen molar-refractivity contribution in [3.63, 3.8) is 0 Å². The summed E-state index contributed by atoms with van der Waals surface area (Å²) in [5, 5.41) is 0. The fraction of sp³-hybridized carbons (Fsp3) is 0.133. The van der Waals surface area contributed by atoms with Gasteiger partial charge < -0.3 is 4.18 Å². The second-order valence-corrected chi connectivity index (χ2v) is 11.2. The molecule has 8 rings (SSSR count). The Morgan fingerprint density at radius 3 is 1.46 bits per heavy atom. The molecular weight excluding hydrogens is 486 g/mol. The van der Waals surface area contributed by atoms with Crippen LogP contribution in [-0.4, -0.2) is 20.2 Å². The Hall–Kier alpha value is -4.23. The van der Waals surface area contributed by atoms with Crippen LogP contribution in [0.2, 0.25) is 0 Å². The molecule has 0 N–H and O–H groups in total. The zero-order valence-electron chi connectivity index (χ0n) is 19.5. The highest BCUT2D eigenvalue weighted by Crippen LogP contribution is 2.61. The molecule has 2 amide bonds. The highest BCUT2D eigenvalue weighted by atomic mass is 32.2. The van der Waals surface area contributed by atoms with Crippen LogP contribution in [0.5, 0.6) is 5.75 Å². The molecular formula is C30H21NO5S. The third kappa shape index (κ3) is 3.13. The highest BCUT2D eigenvalue weighted by molar-refractivity contribution is 7.87. The maximum atomic E-state index is 13.8. The van der Waals surface area contributed by atoms with Crippen LogP contribution >= 0.6 is 0 Å². The van der Waals surface area contributed by atoms with Gasteiger partial charge in [0.2, 0.25) is 11.8 Å². The molecule has 4 aromatic rings. The quantitative estimate of drug-likeness (QED) is 0.291. The number of hydrogen-bond donors (Lipinski definition) is 0. The van der Waals surface area contributed by atoms with Gasteiger partial charge >= 0.3 is 10.1 Å². The molecule has 1 heterocycles. The van der Waals surface area contributed by atoms with Crippen LogP contribution in [-0.2, 0) is 19.7 Å². The molecule has 4 aromatic carbocycles. The van der Waals surface area contributed by atoms with Gasteiger partial charge in [-0.3, -0.25) is 9.59 Å².